The number of hydrogen-bond donors (Lipinski definition) is 2. The topological polar surface area (TPSA) is 98.3 Å². The molecule has 0 fully saturated rings. The molecule has 0 radical (unpaired) electrons. The summed E-state index contributed by atoms with van der Waals surface area (Å²) in [7, 11) is -4.39. The van der Waals surface area contributed by atoms with Crippen LogP contribution in [-0.4, -0.2) is 74.4 Å². The van der Waals surface area contributed by atoms with E-state index in [1.807, 2.05) is 0 Å². The first-order valence-corrected chi connectivity index (χ1v) is 4.41. The zero-order valence-electron chi connectivity index (χ0n) is 6.04. The van der Waals surface area contributed by atoms with Crippen molar-refractivity contribution in [2.75, 3.05) is 0 Å². The molecule has 0 atom stereocenters. The van der Waals surface area contributed by atoms with Gasteiger partial charge in [-0.1, -0.05) is 18.2 Å². The third-order valence-electron chi connectivity index (χ3n) is 0.968. The van der Waals surface area contributed by atoms with E-state index in [1.54, 1.807) is 18.2 Å². The first kappa shape index (κ1) is 20.5. The number of phosphoric acid groups is 1. The predicted octanol–water partition coefficient (Wildman–Crippen LogP) is -0.964. The van der Waals surface area contributed by atoms with Crippen molar-refractivity contribution in [3.05, 3.63) is 30.3 Å². The summed E-state index contributed by atoms with van der Waals surface area (Å²) in [5.74, 6) is 0.167. The SMILES string of the molecule is O.O=P(O)(O)Oc1ccccc1.[NaH].[NaH]. The van der Waals surface area contributed by atoms with Crippen molar-refractivity contribution in [2.24, 2.45) is 0 Å². The summed E-state index contributed by atoms with van der Waals surface area (Å²) in [4.78, 5) is 16.7. The van der Waals surface area contributed by atoms with E-state index in [2.05, 4.69) is 4.52 Å². The molecule has 1 aromatic rings. The molecule has 0 unspecified atom stereocenters. The van der Waals surface area contributed by atoms with Crippen LogP contribution in [0.25, 0.3) is 0 Å². The Bertz CT molecular complexity index is 275. The molecular formula is C6H11Na2O5P. The Kier molecular flexibility index (Phi) is 13.7. The standard InChI is InChI=1S/C6H7O4P.2Na.H2O.2H/c7-11(8,9)10-6-4-2-1-3-5-6;;;;;/h1-5H,(H2,7,8,9);;;1H2;;. The van der Waals surface area contributed by atoms with Gasteiger partial charge in [0.15, 0.2) is 0 Å². The van der Waals surface area contributed by atoms with Gasteiger partial charge in [-0.15, -0.1) is 0 Å². The fraction of sp³-hybridized carbons (Fsp3) is 0. The molecule has 0 bridgehead atoms. The second-order valence-electron chi connectivity index (χ2n) is 1.89. The van der Waals surface area contributed by atoms with Crippen molar-refractivity contribution in [3.63, 3.8) is 0 Å². The summed E-state index contributed by atoms with van der Waals surface area (Å²) in [6.07, 6.45) is 0. The van der Waals surface area contributed by atoms with Crippen LogP contribution in [0.3, 0.4) is 0 Å². The summed E-state index contributed by atoms with van der Waals surface area (Å²) >= 11 is 0. The van der Waals surface area contributed by atoms with Crippen molar-refractivity contribution >= 4 is 66.9 Å². The van der Waals surface area contributed by atoms with Crippen molar-refractivity contribution in [3.8, 4) is 5.75 Å². The van der Waals surface area contributed by atoms with Crippen molar-refractivity contribution < 1.29 is 24.4 Å². The molecule has 0 saturated heterocycles. The summed E-state index contributed by atoms with van der Waals surface area (Å²) in [5.41, 5.74) is 0. The molecule has 0 saturated carbocycles. The second-order valence-corrected chi connectivity index (χ2v) is 3.06. The average Bonchev–Trinajstić information content (AvgIpc) is 1.85. The molecule has 8 heteroatoms. The third kappa shape index (κ3) is 9.68. The van der Waals surface area contributed by atoms with Gasteiger partial charge in [0.1, 0.15) is 5.75 Å². The Hall–Kier alpha value is 1.13. The van der Waals surface area contributed by atoms with Crippen LogP contribution < -0.4 is 4.52 Å². The van der Waals surface area contributed by atoms with Crippen LogP contribution in [-0.2, 0) is 4.57 Å². The van der Waals surface area contributed by atoms with Crippen LogP contribution in [0.5, 0.6) is 5.75 Å². The fourth-order valence-electron chi connectivity index (χ4n) is 0.619. The number of benzene rings is 1. The number of para-hydroxylation sites is 1. The van der Waals surface area contributed by atoms with E-state index in [0.717, 1.165) is 0 Å². The Morgan fingerprint density at radius 3 is 1.86 bits per heavy atom. The predicted molar refractivity (Wildman–Crippen MR) is 57.0 cm³/mol. The monoisotopic (exact) mass is 240 g/mol. The quantitative estimate of drug-likeness (QED) is 0.513. The molecule has 0 amide bonds. The van der Waals surface area contributed by atoms with Crippen molar-refractivity contribution in [1.82, 2.24) is 0 Å². The Morgan fingerprint density at radius 2 is 1.50 bits per heavy atom. The molecule has 5 nitrogen and oxygen atoms in total. The number of hydrogen-bond acceptors (Lipinski definition) is 2. The van der Waals surface area contributed by atoms with E-state index in [0.29, 0.717) is 0 Å². The zero-order valence-corrected chi connectivity index (χ0v) is 6.94. The van der Waals surface area contributed by atoms with Crippen LogP contribution in [0.4, 0.5) is 0 Å². The van der Waals surface area contributed by atoms with E-state index >= 15 is 0 Å². The third-order valence-corrected chi connectivity index (χ3v) is 1.42. The zero-order chi connectivity index (χ0) is 8.32. The Labute approximate surface area is 126 Å². The summed E-state index contributed by atoms with van der Waals surface area (Å²) in [5, 5.41) is 0. The molecule has 4 N–H and O–H groups in total. The van der Waals surface area contributed by atoms with Crippen LogP contribution in [0.1, 0.15) is 0 Å². The van der Waals surface area contributed by atoms with E-state index in [4.69, 9.17) is 9.79 Å². The molecule has 14 heavy (non-hydrogen) atoms. The maximum absolute atomic E-state index is 10.3. The first-order valence-electron chi connectivity index (χ1n) is 2.88. The molecule has 0 aliphatic rings. The molecule has 0 spiro atoms. The number of phosphoric ester groups is 1. The van der Waals surface area contributed by atoms with E-state index < -0.39 is 7.82 Å². The minimum absolute atomic E-state index is 0. The van der Waals surface area contributed by atoms with Gasteiger partial charge < -0.3 is 10.00 Å². The molecule has 0 aliphatic carbocycles. The summed E-state index contributed by atoms with van der Waals surface area (Å²) in [6.45, 7) is 0. The van der Waals surface area contributed by atoms with Crippen LogP contribution in [0.2, 0.25) is 0 Å². The molecule has 0 aromatic heterocycles. The van der Waals surface area contributed by atoms with Gasteiger partial charge in [-0.05, 0) is 12.1 Å². The van der Waals surface area contributed by atoms with E-state index in [1.165, 1.54) is 12.1 Å². The van der Waals surface area contributed by atoms with Gasteiger partial charge in [0.05, 0.1) is 0 Å². The van der Waals surface area contributed by atoms with Gasteiger partial charge in [-0.25, -0.2) is 4.57 Å². The molecule has 0 aliphatic heterocycles. The van der Waals surface area contributed by atoms with E-state index in [-0.39, 0.29) is 70.3 Å². The minimum atomic E-state index is -4.39. The van der Waals surface area contributed by atoms with Crippen LogP contribution in [0, 0.1) is 0 Å². The van der Waals surface area contributed by atoms with Crippen molar-refractivity contribution in [2.45, 2.75) is 0 Å². The fourth-order valence-corrected chi connectivity index (χ4v) is 1.02. The molecule has 0 heterocycles. The van der Waals surface area contributed by atoms with Crippen LogP contribution >= 0.6 is 7.82 Å². The average molecular weight is 240 g/mol. The second kappa shape index (κ2) is 9.36. The van der Waals surface area contributed by atoms with Gasteiger partial charge in [0.25, 0.3) is 0 Å². The van der Waals surface area contributed by atoms with Gasteiger partial charge >= 0.3 is 66.9 Å². The van der Waals surface area contributed by atoms with Gasteiger partial charge in [-0.2, -0.15) is 0 Å². The normalized spacial score (nSPS) is 8.71. The van der Waals surface area contributed by atoms with Crippen LogP contribution in [0.15, 0.2) is 30.3 Å². The van der Waals surface area contributed by atoms with Crippen molar-refractivity contribution in [1.29, 1.82) is 0 Å². The Morgan fingerprint density at radius 1 is 1.07 bits per heavy atom. The molecule has 1 aromatic carbocycles. The first-order chi connectivity index (χ1) is 5.08. The van der Waals surface area contributed by atoms with E-state index in [9.17, 15) is 4.57 Å². The van der Waals surface area contributed by atoms with Gasteiger partial charge in [0, 0.05) is 0 Å². The molecule has 1 rings (SSSR count). The van der Waals surface area contributed by atoms with Gasteiger partial charge in [0.2, 0.25) is 0 Å². The van der Waals surface area contributed by atoms with Gasteiger partial charge in [-0.3, -0.25) is 9.79 Å². The maximum atomic E-state index is 10.3. The Balaban J connectivity index is -0.000000403. The summed E-state index contributed by atoms with van der Waals surface area (Å²) in [6, 6.07) is 7.93. The summed E-state index contributed by atoms with van der Waals surface area (Å²) < 4.78 is 14.5. The molecular weight excluding hydrogens is 229 g/mol. The molecule has 72 valence electrons. The number of rotatable bonds is 2.